The standard InChI is InChI=1S/C17H23NO4/c1-13(18-12-15-5-4-8-21-15)14-6-7-16(17(11-14)20-3)22-10-9-19-2/h4-8,11,13,18H,9-10,12H2,1-3H3. The maximum atomic E-state index is 5.64. The van der Waals surface area contributed by atoms with Gasteiger partial charge in [0.25, 0.3) is 0 Å². The molecule has 2 aromatic rings. The van der Waals surface area contributed by atoms with Crippen LogP contribution in [-0.4, -0.2) is 27.4 Å². The van der Waals surface area contributed by atoms with Crippen LogP contribution >= 0.6 is 0 Å². The second-order valence-corrected chi connectivity index (χ2v) is 4.93. The molecule has 1 atom stereocenters. The Morgan fingerprint density at radius 2 is 2.00 bits per heavy atom. The van der Waals surface area contributed by atoms with Crippen LogP contribution in [0, 0.1) is 0 Å². The first-order valence-corrected chi connectivity index (χ1v) is 7.30. The molecule has 1 aromatic heterocycles. The van der Waals surface area contributed by atoms with Crippen molar-refractivity contribution < 1.29 is 18.6 Å². The van der Waals surface area contributed by atoms with Crippen molar-refractivity contribution in [3.63, 3.8) is 0 Å². The second-order valence-electron chi connectivity index (χ2n) is 4.93. The average molecular weight is 305 g/mol. The van der Waals surface area contributed by atoms with Gasteiger partial charge in [-0.2, -0.15) is 0 Å². The van der Waals surface area contributed by atoms with Crippen molar-refractivity contribution in [3.8, 4) is 11.5 Å². The van der Waals surface area contributed by atoms with Gasteiger partial charge in [0.05, 0.1) is 26.5 Å². The maximum Gasteiger partial charge on any atom is 0.161 e. The zero-order valence-corrected chi connectivity index (χ0v) is 13.3. The Bertz CT molecular complexity index is 554. The van der Waals surface area contributed by atoms with Crippen molar-refractivity contribution in [2.45, 2.75) is 19.5 Å². The van der Waals surface area contributed by atoms with Crippen LogP contribution in [0.1, 0.15) is 24.3 Å². The Balaban J connectivity index is 1.98. The van der Waals surface area contributed by atoms with Gasteiger partial charge in [0.2, 0.25) is 0 Å². The zero-order valence-electron chi connectivity index (χ0n) is 13.3. The molecule has 1 aromatic carbocycles. The van der Waals surface area contributed by atoms with Gasteiger partial charge < -0.3 is 23.9 Å². The van der Waals surface area contributed by atoms with Gasteiger partial charge in [-0.25, -0.2) is 0 Å². The zero-order chi connectivity index (χ0) is 15.8. The van der Waals surface area contributed by atoms with Crippen LogP contribution in [-0.2, 0) is 11.3 Å². The van der Waals surface area contributed by atoms with Gasteiger partial charge >= 0.3 is 0 Å². The fraction of sp³-hybridized carbons (Fsp3) is 0.412. The van der Waals surface area contributed by atoms with E-state index in [1.807, 2.05) is 30.3 Å². The van der Waals surface area contributed by atoms with E-state index in [-0.39, 0.29) is 6.04 Å². The number of hydrogen-bond acceptors (Lipinski definition) is 5. The number of rotatable bonds is 9. The quantitative estimate of drug-likeness (QED) is 0.721. The highest BCUT2D eigenvalue weighted by Crippen LogP contribution is 2.30. The molecule has 1 unspecified atom stereocenters. The third-order valence-corrected chi connectivity index (χ3v) is 3.40. The average Bonchev–Trinajstić information content (AvgIpc) is 3.06. The molecule has 0 saturated heterocycles. The van der Waals surface area contributed by atoms with Crippen molar-refractivity contribution in [3.05, 3.63) is 47.9 Å². The Labute approximate surface area is 131 Å². The number of benzene rings is 1. The Morgan fingerprint density at radius 3 is 2.68 bits per heavy atom. The Morgan fingerprint density at radius 1 is 1.14 bits per heavy atom. The molecular weight excluding hydrogens is 282 g/mol. The van der Waals surface area contributed by atoms with Crippen molar-refractivity contribution in [1.82, 2.24) is 5.32 Å². The van der Waals surface area contributed by atoms with Crippen LogP contribution in [0.5, 0.6) is 11.5 Å². The SMILES string of the molecule is COCCOc1ccc(C(C)NCc2ccco2)cc1OC. The van der Waals surface area contributed by atoms with E-state index < -0.39 is 0 Å². The van der Waals surface area contributed by atoms with Crippen molar-refractivity contribution in [2.24, 2.45) is 0 Å². The molecule has 0 fully saturated rings. The summed E-state index contributed by atoms with van der Waals surface area (Å²) in [6.45, 7) is 3.83. The minimum atomic E-state index is 0.173. The molecule has 0 amide bonds. The van der Waals surface area contributed by atoms with E-state index in [1.165, 1.54) is 0 Å². The largest absolute Gasteiger partial charge is 0.493 e. The van der Waals surface area contributed by atoms with Gasteiger partial charge in [-0.3, -0.25) is 0 Å². The van der Waals surface area contributed by atoms with E-state index in [1.54, 1.807) is 20.5 Å². The molecule has 0 saturated carbocycles. The van der Waals surface area contributed by atoms with Crippen molar-refractivity contribution in [1.29, 1.82) is 0 Å². The lowest BCUT2D eigenvalue weighted by atomic mass is 10.1. The van der Waals surface area contributed by atoms with E-state index in [0.29, 0.717) is 19.8 Å². The first kappa shape index (κ1) is 16.4. The summed E-state index contributed by atoms with van der Waals surface area (Å²) in [6.07, 6.45) is 1.68. The van der Waals surface area contributed by atoms with Crippen LogP contribution in [0.4, 0.5) is 0 Å². The van der Waals surface area contributed by atoms with Crippen LogP contribution in [0.3, 0.4) is 0 Å². The minimum Gasteiger partial charge on any atom is -0.493 e. The van der Waals surface area contributed by atoms with E-state index in [2.05, 4.69) is 12.2 Å². The maximum absolute atomic E-state index is 5.64. The first-order chi connectivity index (χ1) is 10.7. The molecule has 0 aliphatic rings. The molecule has 0 aliphatic carbocycles. The van der Waals surface area contributed by atoms with E-state index in [0.717, 1.165) is 22.8 Å². The smallest absolute Gasteiger partial charge is 0.161 e. The minimum absolute atomic E-state index is 0.173. The summed E-state index contributed by atoms with van der Waals surface area (Å²) in [4.78, 5) is 0. The van der Waals surface area contributed by atoms with Gasteiger partial charge in [-0.05, 0) is 36.8 Å². The molecule has 22 heavy (non-hydrogen) atoms. The molecule has 0 bridgehead atoms. The second kappa shape index (κ2) is 8.46. The van der Waals surface area contributed by atoms with Gasteiger partial charge in [0.15, 0.2) is 11.5 Å². The summed E-state index contributed by atoms with van der Waals surface area (Å²) < 4.78 is 21.3. The fourth-order valence-corrected chi connectivity index (χ4v) is 2.09. The molecule has 120 valence electrons. The third kappa shape index (κ3) is 4.51. The highest BCUT2D eigenvalue weighted by Gasteiger charge is 2.11. The number of methoxy groups -OCH3 is 2. The molecule has 0 aliphatic heterocycles. The number of nitrogens with one attached hydrogen (secondary N) is 1. The Kier molecular flexibility index (Phi) is 6.30. The summed E-state index contributed by atoms with van der Waals surface area (Å²) >= 11 is 0. The van der Waals surface area contributed by atoms with Gasteiger partial charge in [-0.1, -0.05) is 6.07 Å². The molecule has 5 nitrogen and oxygen atoms in total. The molecule has 0 radical (unpaired) electrons. The van der Waals surface area contributed by atoms with Crippen LogP contribution < -0.4 is 14.8 Å². The van der Waals surface area contributed by atoms with Crippen molar-refractivity contribution >= 4 is 0 Å². The molecule has 0 spiro atoms. The predicted molar refractivity (Wildman–Crippen MR) is 84.3 cm³/mol. The topological polar surface area (TPSA) is 52.9 Å². The van der Waals surface area contributed by atoms with E-state index in [4.69, 9.17) is 18.6 Å². The number of hydrogen-bond donors (Lipinski definition) is 1. The van der Waals surface area contributed by atoms with Gasteiger partial charge in [-0.15, -0.1) is 0 Å². The lowest BCUT2D eigenvalue weighted by molar-refractivity contribution is 0.144. The summed E-state index contributed by atoms with van der Waals surface area (Å²) in [7, 11) is 3.29. The molecule has 2 rings (SSSR count). The van der Waals surface area contributed by atoms with Crippen LogP contribution in [0.2, 0.25) is 0 Å². The Hall–Kier alpha value is -1.98. The summed E-state index contributed by atoms with van der Waals surface area (Å²) in [6, 6.07) is 9.96. The molecular formula is C17H23NO4. The summed E-state index contributed by atoms with van der Waals surface area (Å²) in [5.41, 5.74) is 1.13. The number of ether oxygens (including phenoxy) is 3. The molecule has 5 heteroatoms. The third-order valence-electron chi connectivity index (χ3n) is 3.40. The van der Waals surface area contributed by atoms with Crippen LogP contribution in [0.25, 0.3) is 0 Å². The first-order valence-electron chi connectivity index (χ1n) is 7.30. The monoisotopic (exact) mass is 305 g/mol. The highest BCUT2D eigenvalue weighted by atomic mass is 16.5. The molecule has 1 heterocycles. The molecule has 1 N–H and O–H groups in total. The van der Waals surface area contributed by atoms with E-state index >= 15 is 0 Å². The fourth-order valence-electron chi connectivity index (χ4n) is 2.09. The van der Waals surface area contributed by atoms with Crippen LogP contribution in [0.15, 0.2) is 41.0 Å². The predicted octanol–water partition coefficient (Wildman–Crippen LogP) is 3.16. The van der Waals surface area contributed by atoms with Gasteiger partial charge in [0.1, 0.15) is 12.4 Å². The summed E-state index contributed by atoms with van der Waals surface area (Å²) in [5.74, 6) is 2.36. The normalized spacial score (nSPS) is 12.1. The number of furan rings is 1. The lowest BCUT2D eigenvalue weighted by Crippen LogP contribution is -2.17. The van der Waals surface area contributed by atoms with E-state index in [9.17, 15) is 0 Å². The summed E-state index contributed by atoms with van der Waals surface area (Å²) in [5, 5.41) is 3.41. The highest BCUT2D eigenvalue weighted by molar-refractivity contribution is 5.43. The van der Waals surface area contributed by atoms with Crippen molar-refractivity contribution in [2.75, 3.05) is 27.4 Å². The van der Waals surface area contributed by atoms with Gasteiger partial charge in [0, 0.05) is 13.2 Å². The lowest BCUT2D eigenvalue weighted by Gasteiger charge is -2.16.